The average Bonchev–Trinajstić information content (AvgIpc) is 0.811. The van der Waals surface area contributed by atoms with Gasteiger partial charge < -0.3 is 6.22 Å². The minimum Gasteiger partial charge on any atom is -1.00 e. The third-order valence-electron chi connectivity index (χ3n) is 0. The molecule has 0 bridgehead atoms. The Bertz CT molecular complexity index is 36.5. The van der Waals surface area contributed by atoms with Gasteiger partial charge in [-0.25, -0.2) is 0 Å². The van der Waals surface area contributed by atoms with E-state index in [1.165, 1.54) is 6.92 Å². The van der Waals surface area contributed by atoms with Gasteiger partial charge in [-0.15, -0.1) is 0 Å². The Labute approximate surface area is 56.3 Å². The molecule has 0 saturated heterocycles. The molecular formula is C2H4BNaO. The molecule has 0 saturated carbocycles. The second-order valence-electron chi connectivity index (χ2n) is 0.611. The van der Waals surface area contributed by atoms with Crippen LogP contribution in [0.4, 0.5) is 0 Å². The van der Waals surface area contributed by atoms with Crippen molar-refractivity contribution in [2.75, 3.05) is 0 Å². The Morgan fingerprint density at radius 2 is 2.00 bits per heavy atom. The van der Waals surface area contributed by atoms with E-state index in [1.807, 2.05) is 0 Å². The van der Waals surface area contributed by atoms with Crippen LogP contribution in [0, 0.1) is 0 Å². The SMILES string of the molecule is [B]C(C)=O.[H-].[Na+]. The zero-order valence-corrected chi connectivity index (χ0v) is 5.49. The van der Waals surface area contributed by atoms with E-state index in [4.69, 9.17) is 0 Å². The van der Waals surface area contributed by atoms with Crippen LogP contribution in [0.25, 0.3) is 0 Å². The maximum absolute atomic E-state index is 9.22. The summed E-state index contributed by atoms with van der Waals surface area (Å²) < 4.78 is 0. The van der Waals surface area contributed by atoms with Crippen LogP contribution in [-0.2, 0) is 4.79 Å². The van der Waals surface area contributed by atoms with Crippen LogP contribution in [0.1, 0.15) is 8.35 Å². The summed E-state index contributed by atoms with van der Waals surface area (Å²) in [6.45, 7) is 1.31. The van der Waals surface area contributed by atoms with Crippen molar-refractivity contribution in [2.24, 2.45) is 0 Å². The van der Waals surface area contributed by atoms with Crippen LogP contribution in [-0.4, -0.2) is 13.5 Å². The number of hydrogen-bond acceptors (Lipinski definition) is 1. The molecule has 1 nitrogen and oxygen atoms in total. The van der Waals surface area contributed by atoms with Crippen molar-refractivity contribution >= 4 is 13.5 Å². The quantitative estimate of drug-likeness (QED) is 0.279. The Morgan fingerprint density at radius 1 is 2.00 bits per heavy atom. The third kappa shape index (κ3) is 65.6. The van der Waals surface area contributed by atoms with E-state index in [2.05, 4.69) is 7.85 Å². The first-order chi connectivity index (χ1) is 1.73. The molecule has 0 N–H and O–H groups in total. The zero-order valence-electron chi connectivity index (χ0n) is 4.49. The monoisotopic (exact) mass is 78.0 g/mol. The van der Waals surface area contributed by atoms with Crippen LogP contribution < -0.4 is 29.6 Å². The van der Waals surface area contributed by atoms with Crippen molar-refractivity contribution in [3.63, 3.8) is 0 Å². The van der Waals surface area contributed by atoms with Gasteiger partial charge in [-0.1, -0.05) is 0 Å². The van der Waals surface area contributed by atoms with Gasteiger partial charge in [0.1, 0.15) is 0 Å². The van der Waals surface area contributed by atoms with E-state index in [-0.39, 0.29) is 36.7 Å². The first kappa shape index (κ1) is 9.22. The van der Waals surface area contributed by atoms with Crippen molar-refractivity contribution in [1.29, 1.82) is 0 Å². The van der Waals surface area contributed by atoms with Crippen molar-refractivity contribution in [3.05, 3.63) is 0 Å². The summed E-state index contributed by atoms with van der Waals surface area (Å²) in [6.07, 6.45) is 0. The number of carbonyl (C=O) groups is 1. The topological polar surface area (TPSA) is 17.1 Å². The third-order valence-corrected chi connectivity index (χ3v) is 0. The molecular weight excluding hydrogens is 73.8 g/mol. The summed E-state index contributed by atoms with van der Waals surface area (Å²) in [5.74, 6) is 0. The minimum atomic E-state index is -0.333. The molecule has 0 amide bonds. The number of rotatable bonds is 0. The number of hydrogen-bond donors (Lipinski definition) is 0. The molecule has 3 heteroatoms. The Balaban J connectivity index is -0.0000000450. The van der Waals surface area contributed by atoms with Gasteiger partial charge in [0, 0.05) is 0 Å². The predicted molar refractivity (Wildman–Crippen MR) is 17.5 cm³/mol. The van der Waals surface area contributed by atoms with E-state index in [1.54, 1.807) is 0 Å². The molecule has 2 radical (unpaired) electrons. The molecule has 5 heavy (non-hydrogen) atoms. The van der Waals surface area contributed by atoms with Crippen molar-refractivity contribution in [2.45, 2.75) is 6.92 Å². The maximum atomic E-state index is 9.22. The van der Waals surface area contributed by atoms with Crippen LogP contribution in [0.2, 0.25) is 0 Å². The van der Waals surface area contributed by atoms with Gasteiger partial charge in [-0.2, -0.15) is 0 Å². The van der Waals surface area contributed by atoms with Gasteiger partial charge in [0.15, 0.2) is 7.85 Å². The second kappa shape index (κ2) is 4.73. The van der Waals surface area contributed by atoms with Crippen LogP contribution in [0.5, 0.6) is 0 Å². The second-order valence-corrected chi connectivity index (χ2v) is 0.611. The molecule has 0 aliphatic heterocycles. The molecule has 0 aromatic carbocycles. The van der Waals surface area contributed by atoms with E-state index >= 15 is 0 Å². The van der Waals surface area contributed by atoms with Gasteiger partial charge in [0.05, 0.1) is 5.68 Å². The van der Waals surface area contributed by atoms with Gasteiger partial charge >= 0.3 is 29.6 Å². The molecule has 0 aliphatic carbocycles. The normalized spacial score (nSPS) is 5.00. The summed E-state index contributed by atoms with van der Waals surface area (Å²) in [4.78, 5) is 9.22. The minimum absolute atomic E-state index is 0. The molecule has 0 spiro atoms. The first-order valence-electron chi connectivity index (χ1n) is 0.993. The molecule has 0 atom stereocenters. The van der Waals surface area contributed by atoms with Gasteiger partial charge in [0.25, 0.3) is 0 Å². The van der Waals surface area contributed by atoms with E-state index < -0.39 is 0 Å². The summed E-state index contributed by atoms with van der Waals surface area (Å²) in [7, 11) is 4.47. The van der Waals surface area contributed by atoms with Gasteiger partial charge in [-0.05, 0) is 6.92 Å². The maximum Gasteiger partial charge on any atom is 1.00 e. The van der Waals surface area contributed by atoms with Crippen LogP contribution in [0.3, 0.4) is 0 Å². The molecule has 0 unspecified atom stereocenters. The van der Waals surface area contributed by atoms with Gasteiger partial charge in [-0.3, -0.25) is 0 Å². The molecule has 0 aromatic heterocycles. The molecule has 0 fully saturated rings. The summed E-state index contributed by atoms with van der Waals surface area (Å²) >= 11 is 0. The van der Waals surface area contributed by atoms with E-state index in [0.717, 1.165) is 0 Å². The Hall–Kier alpha value is 0.735. The molecule has 22 valence electrons. The summed E-state index contributed by atoms with van der Waals surface area (Å²) in [6, 6.07) is 0. The van der Waals surface area contributed by atoms with Crippen LogP contribution in [0.15, 0.2) is 0 Å². The fourth-order valence-electron chi connectivity index (χ4n) is 0. The summed E-state index contributed by atoms with van der Waals surface area (Å²) in [5, 5.41) is 0. The van der Waals surface area contributed by atoms with Crippen molar-refractivity contribution in [1.82, 2.24) is 0 Å². The number of carbonyl (C=O) groups excluding carboxylic acids is 1. The summed E-state index contributed by atoms with van der Waals surface area (Å²) in [5.41, 5.74) is -0.333. The molecule has 0 heterocycles. The fourth-order valence-corrected chi connectivity index (χ4v) is 0. The zero-order chi connectivity index (χ0) is 3.58. The predicted octanol–water partition coefficient (Wildman–Crippen LogP) is -3.18. The average molecular weight is 77.9 g/mol. The molecule has 0 aliphatic rings. The van der Waals surface area contributed by atoms with Crippen LogP contribution >= 0.6 is 0 Å². The fraction of sp³-hybridized carbons (Fsp3) is 0.500. The molecule has 0 rings (SSSR count). The standard InChI is InChI=1S/C2H3BO.Na.H/c1-2(3)4;;/h1H3;;/q;+1;-1. The first-order valence-corrected chi connectivity index (χ1v) is 0.993. The van der Waals surface area contributed by atoms with E-state index in [9.17, 15) is 4.79 Å². The Kier molecular flexibility index (Phi) is 8.73. The largest absolute Gasteiger partial charge is 1.00 e. The van der Waals surface area contributed by atoms with Crippen molar-refractivity contribution < 1.29 is 35.8 Å². The Morgan fingerprint density at radius 3 is 2.00 bits per heavy atom. The van der Waals surface area contributed by atoms with E-state index in [0.29, 0.717) is 0 Å². The molecule has 0 aromatic rings. The smallest absolute Gasteiger partial charge is 1.00 e. The van der Waals surface area contributed by atoms with Gasteiger partial charge in [0.2, 0.25) is 0 Å². The van der Waals surface area contributed by atoms with Crippen molar-refractivity contribution in [3.8, 4) is 0 Å².